The number of rotatable bonds is 5. The van der Waals surface area contributed by atoms with Gasteiger partial charge >= 0.3 is 12.1 Å². The molecule has 1 aromatic rings. The molecule has 2 rings (SSSR count). The fourth-order valence-corrected chi connectivity index (χ4v) is 3.05. The standard InChI is InChI=1S/C19H26ClNO4/c1-19(2,3)25-18(23)21-15(11-7-8-12-20)17(22)24-13-16(21)14-9-5-4-6-10-14/h4-6,9-10,15-16H,7-8,11-13H2,1-3H3/t15-,16+/m1/s1. The number of morpholine rings is 1. The molecule has 0 unspecified atom stereocenters. The van der Waals surface area contributed by atoms with Gasteiger partial charge in [-0.3, -0.25) is 4.90 Å². The lowest BCUT2D eigenvalue weighted by Crippen LogP contribution is -2.54. The van der Waals surface area contributed by atoms with Gasteiger partial charge in [-0.2, -0.15) is 0 Å². The summed E-state index contributed by atoms with van der Waals surface area (Å²) in [6, 6.07) is 8.57. The number of carbonyl (C=O) groups excluding carboxylic acids is 2. The third-order valence-electron chi connectivity index (χ3n) is 3.98. The Morgan fingerprint density at radius 3 is 2.56 bits per heavy atom. The summed E-state index contributed by atoms with van der Waals surface area (Å²) in [5, 5.41) is 0. The molecule has 0 bridgehead atoms. The van der Waals surface area contributed by atoms with Gasteiger partial charge in [0.15, 0.2) is 0 Å². The fraction of sp³-hybridized carbons (Fsp3) is 0.579. The normalized spacial score (nSPS) is 21.0. The van der Waals surface area contributed by atoms with Gasteiger partial charge < -0.3 is 9.47 Å². The van der Waals surface area contributed by atoms with Gasteiger partial charge in [0.1, 0.15) is 18.2 Å². The summed E-state index contributed by atoms with van der Waals surface area (Å²) < 4.78 is 10.9. The zero-order valence-corrected chi connectivity index (χ0v) is 15.8. The quantitative estimate of drug-likeness (QED) is 0.442. The van der Waals surface area contributed by atoms with Crippen molar-refractivity contribution in [3.8, 4) is 0 Å². The molecule has 1 aliphatic rings. The predicted molar refractivity (Wildman–Crippen MR) is 96.6 cm³/mol. The second-order valence-corrected chi connectivity index (χ2v) is 7.52. The summed E-state index contributed by atoms with van der Waals surface area (Å²) in [5.74, 6) is 0.142. The Balaban J connectivity index is 2.30. The SMILES string of the molecule is CC(C)(C)OC(=O)N1[C@H](CCCCCl)C(=O)OC[C@H]1c1ccccc1. The molecular weight excluding hydrogens is 342 g/mol. The van der Waals surface area contributed by atoms with Crippen LogP contribution in [-0.4, -0.2) is 41.1 Å². The zero-order valence-electron chi connectivity index (χ0n) is 15.0. The molecule has 2 atom stereocenters. The monoisotopic (exact) mass is 367 g/mol. The molecule has 1 aliphatic heterocycles. The molecule has 0 saturated carbocycles. The fourth-order valence-electron chi connectivity index (χ4n) is 2.86. The molecule has 6 heteroatoms. The van der Waals surface area contributed by atoms with E-state index in [0.717, 1.165) is 18.4 Å². The van der Waals surface area contributed by atoms with Crippen LogP contribution >= 0.6 is 11.6 Å². The summed E-state index contributed by atoms with van der Waals surface area (Å²) >= 11 is 5.74. The van der Waals surface area contributed by atoms with E-state index < -0.39 is 17.7 Å². The van der Waals surface area contributed by atoms with Crippen LogP contribution in [0.1, 0.15) is 51.6 Å². The van der Waals surface area contributed by atoms with Crippen molar-refractivity contribution in [3.63, 3.8) is 0 Å². The van der Waals surface area contributed by atoms with Crippen molar-refractivity contribution in [2.24, 2.45) is 0 Å². The number of cyclic esters (lactones) is 1. The first-order valence-electron chi connectivity index (χ1n) is 8.62. The van der Waals surface area contributed by atoms with Crippen LogP contribution in [-0.2, 0) is 14.3 Å². The van der Waals surface area contributed by atoms with E-state index in [4.69, 9.17) is 21.1 Å². The number of carbonyl (C=O) groups is 2. The molecule has 1 heterocycles. The first-order chi connectivity index (χ1) is 11.8. The van der Waals surface area contributed by atoms with E-state index in [0.29, 0.717) is 12.3 Å². The molecule has 138 valence electrons. The van der Waals surface area contributed by atoms with E-state index in [2.05, 4.69) is 0 Å². The molecule has 0 aromatic heterocycles. The van der Waals surface area contributed by atoms with Gasteiger partial charge in [-0.15, -0.1) is 11.6 Å². The van der Waals surface area contributed by atoms with Crippen LogP contribution in [0.4, 0.5) is 4.79 Å². The predicted octanol–water partition coefficient (Wildman–Crippen LogP) is 4.30. The number of alkyl halides is 1. The van der Waals surface area contributed by atoms with Gasteiger partial charge in [0, 0.05) is 5.88 Å². The lowest BCUT2D eigenvalue weighted by atomic mass is 9.99. The first kappa shape index (κ1) is 19.6. The number of benzene rings is 1. The molecular formula is C19H26ClNO4. The van der Waals surface area contributed by atoms with Crippen molar-refractivity contribution in [1.29, 1.82) is 0 Å². The van der Waals surface area contributed by atoms with Crippen LogP contribution < -0.4 is 0 Å². The van der Waals surface area contributed by atoms with E-state index in [1.807, 2.05) is 51.1 Å². The van der Waals surface area contributed by atoms with Crippen molar-refractivity contribution in [3.05, 3.63) is 35.9 Å². The van der Waals surface area contributed by atoms with Gasteiger partial charge in [-0.25, -0.2) is 9.59 Å². The molecule has 0 N–H and O–H groups in total. The van der Waals surface area contributed by atoms with Gasteiger partial charge in [0.25, 0.3) is 0 Å². The van der Waals surface area contributed by atoms with Gasteiger partial charge in [-0.1, -0.05) is 30.3 Å². The van der Waals surface area contributed by atoms with Crippen molar-refractivity contribution in [2.45, 2.75) is 57.7 Å². The minimum Gasteiger partial charge on any atom is -0.462 e. The lowest BCUT2D eigenvalue weighted by molar-refractivity contribution is -0.162. The van der Waals surface area contributed by atoms with Crippen molar-refractivity contribution < 1.29 is 19.1 Å². The topological polar surface area (TPSA) is 55.8 Å². The van der Waals surface area contributed by atoms with Crippen LogP contribution in [0, 0.1) is 0 Å². The molecule has 0 aliphatic carbocycles. The molecule has 1 fully saturated rings. The Kier molecular flexibility index (Phi) is 6.71. The third kappa shape index (κ3) is 5.36. The highest BCUT2D eigenvalue weighted by molar-refractivity contribution is 6.17. The van der Waals surface area contributed by atoms with Gasteiger partial charge in [-0.05, 0) is 45.6 Å². The van der Waals surface area contributed by atoms with E-state index in [-0.39, 0.29) is 18.6 Å². The average molecular weight is 368 g/mol. The number of esters is 1. The Morgan fingerprint density at radius 2 is 1.96 bits per heavy atom. The highest BCUT2D eigenvalue weighted by Gasteiger charge is 2.43. The Bertz CT molecular complexity index is 585. The second kappa shape index (κ2) is 8.56. The number of amides is 1. The lowest BCUT2D eigenvalue weighted by Gasteiger charge is -2.41. The minimum absolute atomic E-state index is 0.133. The molecule has 1 aromatic carbocycles. The maximum atomic E-state index is 12.9. The minimum atomic E-state index is -0.656. The Labute approximate surface area is 154 Å². The van der Waals surface area contributed by atoms with Crippen LogP contribution in [0.5, 0.6) is 0 Å². The number of ether oxygens (including phenoxy) is 2. The van der Waals surface area contributed by atoms with Crippen molar-refractivity contribution in [1.82, 2.24) is 4.90 Å². The van der Waals surface area contributed by atoms with Crippen LogP contribution in [0.15, 0.2) is 30.3 Å². The number of unbranched alkanes of at least 4 members (excludes halogenated alkanes) is 1. The number of hydrogen-bond acceptors (Lipinski definition) is 4. The Morgan fingerprint density at radius 1 is 1.28 bits per heavy atom. The highest BCUT2D eigenvalue weighted by atomic mass is 35.5. The largest absolute Gasteiger partial charge is 0.462 e. The first-order valence-corrected chi connectivity index (χ1v) is 9.16. The number of halogens is 1. The van der Waals surface area contributed by atoms with E-state index in [1.165, 1.54) is 0 Å². The van der Waals surface area contributed by atoms with E-state index in [9.17, 15) is 9.59 Å². The van der Waals surface area contributed by atoms with Crippen LogP contribution in [0.25, 0.3) is 0 Å². The van der Waals surface area contributed by atoms with E-state index >= 15 is 0 Å². The number of hydrogen-bond donors (Lipinski definition) is 0. The maximum Gasteiger partial charge on any atom is 0.411 e. The zero-order chi connectivity index (χ0) is 18.4. The van der Waals surface area contributed by atoms with Crippen molar-refractivity contribution >= 4 is 23.7 Å². The summed E-state index contributed by atoms with van der Waals surface area (Å²) in [4.78, 5) is 26.7. The van der Waals surface area contributed by atoms with E-state index in [1.54, 1.807) is 4.90 Å². The van der Waals surface area contributed by atoms with Crippen LogP contribution in [0.3, 0.4) is 0 Å². The Hall–Kier alpha value is -1.75. The average Bonchev–Trinajstić information content (AvgIpc) is 2.55. The molecule has 25 heavy (non-hydrogen) atoms. The molecule has 0 spiro atoms. The van der Waals surface area contributed by atoms with Crippen LogP contribution in [0.2, 0.25) is 0 Å². The van der Waals surface area contributed by atoms with Crippen molar-refractivity contribution in [2.75, 3.05) is 12.5 Å². The summed E-state index contributed by atoms with van der Waals surface area (Å²) in [6.45, 7) is 5.57. The van der Waals surface area contributed by atoms with Gasteiger partial charge in [0.2, 0.25) is 0 Å². The summed E-state index contributed by atoms with van der Waals surface area (Å²) in [5.41, 5.74) is 0.281. The molecule has 5 nitrogen and oxygen atoms in total. The van der Waals surface area contributed by atoms with Gasteiger partial charge in [0.05, 0.1) is 6.04 Å². The number of nitrogens with zero attached hydrogens (tertiary/aromatic N) is 1. The molecule has 1 amide bonds. The second-order valence-electron chi connectivity index (χ2n) is 7.14. The smallest absolute Gasteiger partial charge is 0.411 e. The summed E-state index contributed by atoms with van der Waals surface area (Å²) in [7, 11) is 0. The summed E-state index contributed by atoms with van der Waals surface area (Å²) in [6.07, 6.45) is 1.54. The molecule has 0 radical (unpaired) electrons. The molecule has 1 saturated heterocycles. The maximum absolute atomic E-state index is 12.9. The third-order valence-corrected chi connectivity index (χ3v) is 4.24. The highest BCUT2D eigenvalue weighted by Crippen LogP contribution is 2.31.